The predicted molar refractivity (Wildman–Crippen MR) is 150 cm³/mol. The SMILES string of the molecule is C[C@H](O)C(=O)N1CC[C@H](Oc2ccc(-c3ncnc(Nc4ccc(C56CCCN(CC5)O6)cc4)n3)cc2C#N)[C@H](F)C1. The summed E-state index contributed by atoms with van der Waals surface area (Å²) in [6.45, 7) is 3.38. The smallest absolute Gasteiger partial charge is 0.251 e. The van der Waals surface area contributed by atoms with Crippen molar-refractivity contribution < 1.29 is 23.9 Å². The first kappa shape index (κ1) is 28.0. The zero-order chi connectivity index (χ0) is 29.3. The molecule has 0 aliphatic carbocycles. The van der Waals surface area contributed by atoms with E-state index in [4.69, 9.17) is 9.57 Å². The van der Waals surface area contributed by atoms with Crippen LogP contribution in [0, 0.1) is 11.3 Å². The third-order valence-electron chi connectivity index (χ3n) is 8.08. The van der Waals surface area contributed by atoms with E-state index in [1.165, 1.54) is 18.2 Å². The number of aromatic nitrogens is 3. The molecule has 11 nitrogen and oxygen atoms in total. The number of fused-ring (bicyclic) bond motifs is 2. The molecule has 0 spiro atoms. The van der Waals surface area contributed by atoms with Crippen molar-refractivity contribution in [2.45, 2.75) is 56.6 Å². The first-order chi connectivity index (χ1) is 20.3. The average Bonchev–Trinajstić information content (AvgIpc) is 3.31. The molecule has 2 aromatic carbocycles. The minimum absolute atomic E-state index is 0.176. The molecule has 42 heavy (non-hydrogen) atoms. The number of rotatable bonds is 7. The molecule has 218 valence electrons. The van der Waals surface area contributed by atoms with Crippen LogP contribution in [0.2, 0.25) is 0 Å². The number of amides is 1. The van der Waals surface area contributed by atoms with Gasteiger partial charge in [-0.2, -0.15) is 15.3 Å². The van der Waals surface area contributed by atoms with E-state index in [-0.39, 0.29) is 36.4 Å². The molecule has 3 saturated heterocycles. The van der Waals surface area contributed by atoms with E-state index < -0.39 is 24.3 Å². The summed E-state index contributed by atoms with van der Waals surface area (Å²) in [6.07, 6.45) is 1.30. The molecule has 3 fully saturated rings. The number of anilines is 2. The van der Waals surface area contributed by atoms with Gasteiger partial charge in [0.25, 0.3) is 5.91 Å². The van der Waals surface area contributed by atoms with Gasteiger partial charge in [0.05, 0.1) is 12.1 Å². The van der Waals surface area contributed by atoms with Crippen molar-refractivity contribution in [1.29, 1.82) is 5.26 Å². The molecule has 2 bridgehead atoms. The quantitative estimate of drug-likeness (QED) is 0.432. The molecular weight excluding hydrogens is 541 g/mol. The van der Waals surface area contributed by atoms with Gasteiger partial charge < -0.3 is 20.1 Å². The molecule has 12 heteroatoms. The number of nitriles is 1. The topological polar surface area (TPSA) is 137 Å². The number of likely N-dealkylation sites (tertiary alicyclic amines) is 1. The minimum atomic E-state index is -1.46. The second-order valence-electron chi connectivity index (χ2n) is 10.9. The first-order valence-electron chi connectivity index (χ1n) is 14.2. The number of nitrogens with zero attached hydrogens (tertiary/aromatic N) is 6. The number of aliphatic hydroxyl groups is 1. The van der Waals surface area contributed by atoms with Crippen LogP contribution in [0.25, 0.3) is 11.4 Å². The fraction of sp³-hybridized carbons (Fsp3) is 0.433. The van der Waals surface area contributed by atoms with Crippen molar-refractivity contribution in [3.8, 4) is 23.2 Å². The predicted octanol–water partition coefficient (Wildman–Crippen LogP) is 3.48. The summed E-state index contributed by atoms with van der Waals surface area (Å²) in [5.41, 5.74) is 2.54. The number of nitrogens with one attached hydrogen (secondary N) is 1. The molecule has 3 aliphatic heterocycles. The molecule has 4 heterocycles. The van der Waals surface area contributed by atoms with E-state index in [9.17, 15) is 19.6 Å². The Bertz CT molecular complexity index is 1490. The number of benzene rings is 2. The minimum Gasteiger partial charge on any atom is -0.486 e. The molecule has 1 amide bonds. The van der Waals surface area contributed by atoms with E-state index in [0.717, 1.165) is 43.6 Å². The maximum atomic E-state index is 14.8. The number of hydrogen-bond donors (Lipinski definition) is 2. The molecule has 6 rings (SSSR count). The molecule has 3 aliphatic rings. The van der Waals surface area contributed by atoms with Crippen LogP contribution in [0.5, 0.6) is 5.75 Å². The van der Waals surface area contributed by atoms with Crippen molar-refractivity contribution in [2.24, 2.45) is 0 Å². The lowest BCUT2D eigenvalue weighted by atomic mass is 9.87. The maximum absolute atomic E-state index is 14.8. The number of alkyl halides is 1. The van der Waals surface area contributed by atoms with E-state index >= 15 is 0 Å². The highest BCUT2D eigenvalue weighted by molar-refractivity contribution is 5.80. The van der Waals surface area contributed by atoms with Gasteiger partial charge in [-0.15, -0.1) is 0 Å². The van der Waals surface area contributed by atoms with Crippen LogP contribution in [0.1, 0.15) is 43.7 Å². The molecule has 5 atom stereocenters. The Morgan fingerprint density at radius 2 is 2.05 bits per heavy atom. The maximum Gasteiger partial charge on any atom is 0.251 e. The number of carbonyl (C=O) groups excluding carboxylic acids is 1. The number of ether oxygens (including phenoxy) is 1. The van der Waals surface area contributed by atoms with Gasteiger partial charge >= 0.3 is 0 Å². The molecule has 2 N–H and O–H groups in total. The molecule has 3 aromatic rings. The van der Waals surface area contributed by atoms with Gasteiger partial charge in [0.15, 0.2) is 12.0 Å². The van der Waals surface area contributed by atoms with E-state index in [1.807, 2.05) is 12.1 Å². The van der Waals surface area contributed by atoms with Gasteiger partial charge in [-0.05, 0) is 62.1 Å². The standard InChI is InChI=1S/C30H32FN7O4/c1-19(39)28(40)37-13-9-26(24(31)17-37)41-25-8-3-20(15-21(25)16-32)27-33-18-34-29(36-27)35-23-6-4-22(5-7-23)30-10-2-12-38(42-30)14-11-30/h3-8,15,18-19,24,26,39H,2,9-14,17H2,1H3,(H,33,34,35,36)/t19-,24+,26-,30?/m0/s1. The summed E-state index contributed by atoms with van der Waals surface area (Å²) in [7, 11) is 0. The van der Waals surface area contributed by atoms with E-state index in [0.29, 0.717) is 17.3 Å². The fourth-order valence-corrected chi connectivity index (χ4v) is 5.84. The number of halogens is 1. The molecule has 0 saturated carbocycles. The second kappa shape index (κ2) is 11.6. The van der Waals surface area contributed by atoms with Gasteiger partial charge in [0, 0.05) is 37.3 Å². The monoisotopic (exact) mass is 573 g/mol. The number of carbonyl (C=O) groups is 1. The third-order valence-corrected chi connectivity index (χ3v) is 8.08. The zero-order valence-electron chi connectivity index (χ0n) is 23.2. The Labute approximate surface area is 242 Å². The lowest BCUT2D eigenvalue weighted by Crippen LogP contribution is -2.51. The van der Waals surface area contributed by atoms with Crippen LogP contribution in [0.3, 0.4) is 0 Å². The highest BCUT2D eigenvalue weighted by Gasteiger charge is 2.44. The average molecular weight is 574 g/mol. The van der Waals surface area contributed by atoms with Crippen LogP contribution in [-0.2, 0) is 15.2 Å². The van der Waals surface area contributed by atoms with Crippen molar-refractivity contribution in [2.75, 3.05) is 31.5 Å². The Kier molecular flexibility index (Phi) is 7.72. The van der Waals surface area contributed by atoms with Gasteiger partial charge in [0.2, 0.25) is 5.95 Å². The lowest BCUT2D eigenvalue weighted by Gasteiger charge is -2.35. The normalized spacial score (nSPS) is 25.9. The van der Waals surface area contributed by atoms with E-state index in [2.05, 4.69) is 43.5 Å². The van der Waals surface area contributed by atoms with Gasteiger partial charge in [-0.1, -0.05) is 12.1 Å². The summed E-state index contributed by atoms with van der Waals surface area (Å²) in [6, 6.07) is 15.1. The second-order valence-corrected chi connectivity index (χ2v) is 10.9. The molecule has 0 radical (unpaired) electrons. The summed E-state index contributed by atoms with van der Waals surface area (Å²) in [5.74, 6) is 0.439. The van der Waals surface area contributed by atoms with Crippen molar-refractivity contribution in [3.63, 3.8) is 0 Å². The van der Waals surface area contributed by atoms with Crippen LogP contribution < -0.4 is 10.1 Å². The molecule has 1 aromatic heterocycles. The number of piperidine rings is 1. The summed E-state index contributed by atoms with van der Waals surface area (Å²) in [4.78, 5) is 32.5. The summed E-state index contributed by atoms with van der Waals surface area (Å²) >= 11 is 0. The van der Waals surface area contributed by atoms with Gasteiger partial charge in [-0.3, -0.25) is 9.63 Å². The zero-order valence-corrected chi connectivity index (χ0v) is 23.2. The Morgan fingerprint density at radius 1 is 1.21 bits per heavy atom. The van der Waals surface area contributed by atoms with Crippen LogP contribution in [0.15, 0.2) is 48.8 Å². The van der Waals surface area contributed by atoms with Gasteiger partial charge in [0.1, 0.15) is 36.0 Å². The molecular formula is C30H32FN7O4. The van der Waals surface area contributed by atoms with E-state index in [1.54, 1.807) is 18.2 Å². The highest BCUT2D eigenvalue weighted by Crippen LogP contribution is 2.43. The molecule has 2 unspecified atom stereocenters. The van der Waals surface area contributed by atoms with Crippen molar-refractivity contribution in [1.82, 2.24) is 24.9 Å². The van der Waals surface area contributed by atoms with Crippen molar-refractivity contribution in [3.05, 3.63) is 59.9 Å². The van der Waals surface area contributed by atoms with Crippen molar-refractivity contribution >= 4 is 17.5 Å². The highest BCUT2D eigenvalue weighted by atomic mass is 19.1. The largest absolute Gasteiger partial charge is 0.486 e. The van der Waals surface area contributed by atoms with Crippen LogP contribution >= 0.6 is 0 Å². The van der Waals surface area contributed by atoms with Crippen LogP contribution in [-0.4, -0.2) is 80.5 Å². The van der Waals surface area contributed by atoms with Gasteiger partial charge in [-0.25, -0.2) is 14.4 Å². The summed E-state index contributed by atoms with van der Waals surface area (Å²) < 4.78 is 20.7. The number of hydroxylamine groups is 2. The first-order valence-corrected chi connectivity index (χ1v) is 14.2. The lowest BCUT2D eigenvalue weighted by molar-refractivity contribution is -0.224. The van der Waals surface area contributed by atoms with Crippen LogP contribution in [0.4, 0.5) is 16.0 Å². The number of hydrogen-bond acceptors (Lipinski definition) is 10. The third kappa shape index (κ3) is 5.63. The Hall–Kier alpha value is -4.18. The summed E-state index contributed by atoms with van der Waals surface area (Å²) in [5, 5.41) is 24.6. The fourth-order valence-electron chi connectivity index (χ4n) is 5.84. The Morgan fingerprint density at radius 3 is 2.81 bits per heavy atom. The Balaban J connectivity index is 1.13. The number of aliphatic hydroxyl groups excluding tert-OH is 1.